The van der Waals surface area contributed by atoms with E-state index >= 15 is 0 Å². The van der Waals surface area contributed by atoms with E-state index in [9.17, 15) is 10.2 Å². The number of phenolic OH excluding ortho intramolecular Hbond substituents is 2. The molecule has 74 valence electrons. The third kappa shape index (κ3) is 1.28. The Bertz CT molecular complexity index is 399. The number of hydrogen-bond acceptors (Lipinski definition) is 4. The van der Waals surface area contributed by atoms with Gasteiger partial charge < -0.3 is 16.1 Å². The minimum atomic E-state index is -0.119. The predicted molar refractivity (Wildman–Crippen MR) is 53.4 cm³/mol. The van der Waals surface area contributed by atoms with Crippen LogP contribution in [0.2, 0.25) is 0 Å². The first kappa shape index (κ1) is 8.87. The highest BCUT2D eigenvalue weighted by Crippen LogP contribution is 2.32. The maximum absolute atomic E-state index is 9.34. The zero-order valence-corrected chi connectivity index (χ0v) is 7.70. The Labute approximate surface area is 81.7 Å². The first-order chi connectivity index (χ1) is 6.72. The second-order valence-electron chi connectivity index (χ2n) is 3.43. The van der Waals surface area contributed by atoms with Gasteiger partial charge in [-0.3, -0.25) is 0 Å². The highest BCUT2D eigenvalue weighted by molar-refractivity contribution is 6.03. The Morgan fingerprint density at radius 1 is 1.14 bits per heavy atom. The second-order valence-corrected chi connectivity index (χ2v) is 3.43. The van der Waals surface area contributed by atoms with E-state index in [1.165, 1.54) is 6.07 Å². The molecule has 0 atom stereocenters. The molecule has 0 saturated carbocycles. The molecule has 1 aromatic rings. The summed E-state index contributed by atoms with van der Waals surface area (Å²) in [7, 11) is 0. The van der Waals surface area contributed by atoms with Gasteiger partial charge >= 0.3 is 0 Å². The van der Waals surface area contributed by atoms with Crippen molar-refractivity contribution in [3.8, 4) is 11.5 Å². The first-order valence-corrected chi connectivity index (χ1v) is 4.54. The van der Waals surface area contributed by atoms with Crippen molar-refractivity contribution >= 4 is 5.71 Å². The molecule has 0 radical (unpaired) electrons. The van der Waals surface area contributed by atoms with Crippen LogP contribution in [0, 0.1) is 0 Å². The van der Waals surface area contributed by atoms with Crippen LogP contribution in [0.5, 0.6) is 11.5 Å². The normalized spacial score (nSPS) is 18.1. The third-order valence-corrected chi connectivity index (χ3v) is 2.53. The molecule has 0 aromatic heterocycles. The number of aryl methyl sites for hydroxylation is 1. The van der Waals surface area contributed by atoms with Gasteiger partial charge in [-0.15, -0.1) is 0 Å². The molecular weight excluding hydrogens is 180 g/mol. The highest BCUT2D eigenvalue weighted by Gasteiger charge is 2.17. The Morgan fingerprint density at radius 3 is 2.57 bits per heavy atom. The van der Waals surface area contributed by atoms with Crippen molar-refractivity contribution in [1.82, 2.24) is 0 Å². The number of rotatable bonds is 0. The molecular formula is C10H12N2O2. The number of nitrogens with two attached hydrogens (primary N) is 1. The molecule has 0 saturated heterocycles. The van der Waals surface area contributed by atoms with Gasteiger partial charge in [0.1, 0.15) is 0 Å². The van der Waals surface area contributed by atoms with E-state index < -0.39 is 0 Å². The topological polar surface area (TPSA) is 78.8 Å². The van der Waals surface area contributed by atoms with E-state index in [4.69, 9.17) is 5.84 Å². The van der Waals surface area contributed by atoms with Gasteiger partial charge in [-0.25, -0.2) is 0 Å². The van der Waals surface area contributed by atoms with Gasteiger partial charge in [0.15, 0.2) is 11.5 Å². The maximum atomic E-state index is 9.34. The molecule has 0 heterocycles. The van der Waals surface area contributed by atoms with Crippen LogP contribution in [-0.4, -0.2) is 15.9 Å². The molecule has 0 spiro atoms. The number of phenols is 2. The van der Waals surface area contributed by atoms with E-state index in [0.717, 1.165) is 36.1 Å². The van der Waals surface area contributed by atoms with Gasteiger partial charge in [0.05, 0.1) is 5.71 Å². The molecule has 0 unspecified atom stereocenters. The standard InChI is InChI=1S/C10H12N2O2/c11-12-8-3-1-2-6-4-9(13)10(14)5-7(6)8/h4-5,13-14H,1-3,11H2. The Morgan fingerprint density at radius 2 is 1.86 bits per heavy atom. The van der Waals surface area contributed by atoms with Crippen LogP contribution >= 0.6 is 0 Å². The minimum absolute atomic E-state index is 0.0815. The van der Waals surface area contributed by atoms with Crippen molar-refractivity contribution in [1.29, 1.82) is 0 Å². The zero-order valence-electron chi connectivity index (χ0n) is 7.70. The minimum Gasteiger partial charge on any atom is -0.504 e. The molecule has 4 N–H and O–H groups in total. The Balaban J connectivity index is 2.58. The number of hydrogen-bond donors (Lipinski definition) is 3. The molecule has 1 aromatic carbocycles. The maximum Gasteiger partial charge on any atom is 0.158 e. The molecule has 4 nitrogen and oxygen atoms in total. The smallest absolute Gasteiger partial charge is 0.158 e. The number of aromatic hydroxyl groups is 2. The lowest BCUT2D eigenvalue weighted by atomic mass is 9.89. The average molecular weight is 192 g/mol. The van der Waals surface area contributed by atoms with E-state index in [-0.39, 0.29) is 11.5 Å². The quantitative estimate of drug-likeness (QED) is 0.327. The van der Waals surface area contributed by atoms with Crippen molar-refractivity contribution in [2.75, 3.05) is 0 Å². The number of nitrogens with zero attached hydrogens (tertiary/aromatic N) is 1. The summed E-state index contributed by atoms with van der Waals surface area (Å²) in [6.45, 7) is 0. The molecule has 0 bridgehead atoms. The van der Waals surface area contributed by atoms with Crippen LogP contribution in [0.15, 0.2) is 17.2 Å². The molecule has 0 fully saturated rings. The largest absolute Gasteiger partial charge is 0.504 e. The third-order valence-electron chi connectivity index (χ3n) is 2.53. The summed E-state index contributed by atoms with van der Waals surface area (Å²) >= 11 is 0. The first-order valence-electron chi connectivity index (χ1n) is 4.54. The van der Waals surface area contributed by atoms with Crippen LogP contribution < -0.4 is 5.84 Å². The molecule has 2 rings (SSSR count). The van der Waals surface area contributed by atoms with Crippen molar-refractivity contribution in [2.24, 2.45) is 10.9 Å². The van der Waals surface area contributed by atoms with Crippen LogP contribution in [0.25, 0.3) is 0 Å². The van der Waals surface area contributed by atoms with E-state index in [1.807, 2.05) is 0 Å². The lowest BCUT2D eigenvalue weighted by molar-refractivity contribution is 0.403. The fraction of sp³-hybridized carbons (Fsp3) is 0.300. The average Bonchev–Trinajstić information content (AvgIpc) is 2.19. The summed E-state index contributed by atoms with van der Waals surface area (Å²) in [6.07, 6.45) is 2.70. The van der Waals surface area contributed by atoms with E-state index in [1.54, 1.807) is 6.07 Å². The summed E-state index contributed by atoms with van der Waals surface area (Å²) in [5, 5.41) is 22.3. The van der Waals surface area contributed by atoms with Gasteiger partial charge in [-0.05, 0) is 37.0 Å². The van der Waals surface area contributed by atoms with Gasteiger partial charge in [0.25, 0.3) is 0 Å². The SMILES string of the molecule is NN=C1CCCc2cc(O)c(O)cc21. The van der Waals surface area contributed by atoms with Crippen LogP contribution in [0.1, 0.15) is 24.0 Å². The lowest BCUT2D eigenvalue weighted by Gasteiger charge is -2.17. The summed E-state index contributed by atoms with van der Waals surface area (Å²) in [4.78, 5) is 0. The van der Waals surface area contributed by atoms with Crippen molar-refractivity contribution in [3.05, 3.63) is 23.3 Å². The Hall–Kier alpha value is -1.71. The lowest BCUT2D eigenvalue weighted by Crippen LogP contribution is -2.13. The summed E-state index contributed by atoms with van der Waals surface area (Å²) in [6, 6.07) is 3.10. The molecule has 1 aliphatic rings. The van der Waals surface area contributed by atoms with Gasteiger partial charge in [-0.1, -0.05) is 0 Å². The molecule has 14 heavy (non-hydrogen) atoms. The molecule has 0 amide bonds. The zero-order chi connectivity index (χ0) is 10.1. The number of hydrazone groups is 1. The summed E-state index contributed by atoms with van der Waals surface area (Å²) < 4.78 is 0. The van der Waals surface area contributed by atoms with Gasteiger partial charge in [0, 0.05) is 5.56 Å². The fourth-order valence-corrected chi connectivity index (χ4v) is 1.81. The Kier molecular flexibility index (Phi) is 2.04. The number of benzene rings is 1. The predicted octanol–water partition coefficient (Wildman–Crippen LogP) is 1.10. The second kappa shape index (κ2) is 3.21. The monoisotopic (exact) mass is 192 g/mol. The van der Waals surface area contributed by atoms with Crippen molar-refractivity contribution in [2.45, 2.75) is 19.3 Å². The van der Waals surface area contributed by atoms with Crippen molar-refractivity contribution in [3.63, 3.8) is 0 Å². The number of fused-ring (bicyclic) bond motifs is 1. The molecule has 1 aliphatic carbocycles. The summed E-state index contributed by atoms with van der Waals surface area (Å²) in [5.41, 5.74) is 2.64. The van der Waals surface area contributed by atoms with Crippen LogP contribution in [-0.2, 0) is 6.42 Å². The van der Waals surface area contributed by atoms with E-state index in [2.05, 4.69) is 5.10 Å². The highest BCUT2D eigenvalue weighted by atomic mass is 16.3. The van der Waals surface area contributed by atoms with Gasteiger partial charge in [0.2, 0.25) is 0 Å². The van der Waals surface area contributed by atoms with Crippen LogP contribution in [0.4, 0.5) is 0 Å². The fourth-order valence-electron chi connectivity index (χ4n) is 1.81. The van der Waals surface area contributed by atoms with Crippen molar-refractivity contribution < 1.29 is 10.2 Å². The molecule has 0 aliphatic heterocycles. The van der Waals surface area contributed by atoms with Gasteiger partial charge in [-0.2, -0.15) is 5.10 Å². The molecule has 4 heteroatoms. The van der Waals surface area contributed by atoms with Crippen LogP contribution in [0.3, 0.4) is 0 Å². The van der Waals surface area contributed by atoms with E-state index in [0.29, 0.717) is 0 Å². The summed E-state index contributed by atoms with van der Waals surface area (Å²) in [5.74, 6) is 5.05.